The summed E-state index contributed by atoms with van der Waals surface area (Å²) in [7, 11) is 0. The summed E-state index contributed by atoms with van der Waals surface area (Å²) in [6.45, 7) is 4.36. The molecule has 4 rings (SSSR count). The number of carbonyl (C=O) groups excluding carboxylic acids is 3. The maximum absolute atomic E-state index is 12.9. The van der Waals surface area contributed by atoms with Crippen LogP contribution < -0.4 is 9.47 Å². The lowest BCUT2D eigenvalue weighted by Crippen LogP contribution is -2.27. The van der Waals surface area contributed by atoms with Crippen molar-refractivity contribution in [2.24, 2.45) is 0 Å². The van der Waals surface area contributed by atoms with Gasteiger partial charge in [-0.15, -0.1) is 0 Å². The maximum atomic E-state index is 12.9. The van der Waals surface area contributed by atoms with Crippen molar-refractivity contribution < 1.29 is 23.9 Å². The highest BCUT2D eigenvalue weighted by Gasteiger charge is 2.35. The minimum atomic E-state index is -0.549. The van der Waals surface area contributed by atoms with Gasteiger partial charge in [-0.05, 0) is 79.2 Å². The Morgan fingerprint density at radius 3 is 2.40 bits per heavy atom. The van der Waals surface area contributed by atoms with Crippen molar-refractivity contribution in [3.63, 3.8) is 0 Å². The Balaban J connectivity index is 1.52. The Hall–Kier alpha value is -3.55. The highest BCUT2D eigenvalue weighted by Crippen LogP contribution is 2.35. The molecule has 1 fully saturated rings. The van der Waals surface area contributed by atoms with Gasteiger partial charge in [0.25, 0.3) is 11.1 Å². The van der Waals surface area contributed by atoms with E-state index in [-0.39, 0.29) is 23.4 Å². The van der Waals surface area contributed by atoms with Gasteiger partial charge in [0.2, 0.25) is 0 Å². The first-order valence-electron chi connectivity index (χ1n) is 10.9. The predicted molar refractivity (Wildman–Crippen MR) is 137 cm³/mol. The van der Waals surface area contributed by atoms with Gasteiger partial charge in [0.15, 0.2) is 11.5 Å². The van der Waals surface area contributed by atoms with Gasteiger partial charge in [0, 0.05) is 5.02 Å². The highest BCUT2D eigenvalue weighted by molar-refractivity contribution is 8.18. The van der Waals surface area contributed by atoms with Crippen LogP contribution in [0.25, 0.3) is 6.08 Å². The maximum Gasteiger partial charge on any atom is 0.343 e. The zero-order valence-electron chi connectivity index (χ0n) is 19.1. The summed E-state index contributed by atoms with van der Waals surface area (Å²) in [5.74, 6) is -0.303. The molecular formula is C27H22ClNO5S. The summed E-state index contributed by atoms with van der Waals surface area (Å²) in [5, 5.41) is 0.199. The Morgan fingerprint density at radius 2 is 1.71 bits per heavy atom. The van der Waals surface area contributed by atoms with E-state index in [1.54, 1.807) is 48.5 Å². The number of thioether (sulfide) groups is 1. The Kier molecular flexibility index (Phi) is 7.58. The molecule has 3 aromatic carbocycles. The SMILES string of the molecule is CCOc1cc(/C=C2\SC(=O)N(Cc3ccc(C)cc3)C2=O)ccc1OC(=O)c1ccc(Cl)cc1. The summed E-state index contributed by atoms with van der Waals surface area (Å²) >= 11 is 6.77. The van der Waals surface area contributed by atoms with Gasteiger partial charge < -0.3 is 9.47 Å². The Labute approximate surface area is 212 Å². The molecule has 1 heterocycles. The van der Waals surface area contributed by atoms with E-state index in [0.29, 0.717) is 33.4 Å². The van der Waals surface area contributed by atoms with E-state index in [9.17, 15) is 14.4 Å². The number of nitrogens with zero attached hydrogens (tertiary/aromatic N) is 1. The van der Waals surface area contributed by atoms with Crippen LogP contribution in [-0.2, 0) is 11.3 Å². The highest BCUT2D eigenvalue weighted by atomic mass is 35.5. The van der Waals surface area contributed by atoms with Crippen LogP contribution >= 0.6 is 23.4 Å². The molecule has 6 nitrogen and oxygen atoms in total. The summed E-state index contributed by atoms with van der Waals surface area (Å²) < 4.78 is 11.2. The average molecular weight is 508 g/mol. The first kappa shape index (κ1) is 24.6. The molecule has 0 aromatic heterocycles. The summed E-state index contributed by atoms with van der Waals surface area (Å²) in [4.78, 5) is 39.4. The summed E-state index contributed by atoms with van der Waals surface area (Å²) in [5.41, 5.74) is 2.98. The molecule has 3 aromatic rings. The number of ether oxygens (including phenoxy) is 2. The molecule has 0 radical (unpaired) electrons. The normalized spacial score (nSPS) is 14.5. The van der Waals surface area contributed by atoms with Gasteiger partial charge in [-0.25, -0.2) is 4.79 Å². The summed E-state index contributed by atoms with van der Waals surface area (Å²) in [6.07, 6.45) is 1.63. The number of rotatable bonds is 7. The Morgan fingerprint density at radius 1 is 1.00 bits per heavy atom. The molecule has 0 bridgehead atoms. The van der Waals surface area contributed by atoms with Crippen LogP contribution in [0.4, 0.5) is 4.79 Å². The lowest BCUT2D eigenvalue weighted by Gasteiger charge is -2.13. The predicted octanol–water partition coefficient (Wildman–Crippen LogP) is 6.50. The van der Waals surface area contributed by atoms with Gasteiger partial charge in [-0.1, -0.05) is 47.5 Å². The number of halogens is 1. The van der Waals surface area contributed by atoms with Crippen LogP contribution in [0, 0.1) is 6.92 Å². The lowest BCUT2D eigenvalue weighted by molar-refractivity contribution is -0.123. The van der Waals surface area contributed by atoms with E-state index in [0.717, 1.165) is 22.9 Å². The number of benzene rings is 3. The van der Waals surface area contributed by atoms with Crippen molar-refractivity contribution >= 4 is 46.6 Å². The molecule has 178 valence electrons. The van der Waals surface area contributed by atoms with Gasteiger partial charge in [-0.3, -0.25) is 14.5 Å². The standard InChI is InChI=1S/C27H22ClNO5S/c1-3-33-23-14-19(8-13-22(23)34-26(31)20-9-11-21(28)12-10-20)15-24-25(30)29(27(32)35-24)16-18-6-4-17(2)5-7-18/h4-15H,3,16H2,1-2H3/b24-15-. The van der Waals surface area contributed by atoms with Crippen molar-refractivity contribution in [2.75, 3.05) is 6.61 Å². The van der Waals surface area contributed by atoms with Gasteiger partial charge in [0.05, 0.1) is 23.6 Å². The molecule has 1 saturated heterocycles. The molecule has 0 unspecified atom stereocenters. The molecule has 0 atom stereocenters. The number of hydrogen-bond acceptors (Lipinski definition) is 6. The molecule has 1 aliphatic heterocycles. The van der Waals surface area contributed by atoms with Crippen LogP contribution in [0.3, 0.4) is 0 Å². The molecule has 0 N–H and O–H groups in total. The van der Waals surface area contributed by atoms with Gasteiger partial charge in [0.1, 0.15) is 0 Å². The topological polar surface area (TPSA) is 72.9 Å². The number of carbonyl (C=O) groups is 3. The van der Waals surface area contributed by atoms with E-state index >= 15 is 0 Å². The number of hydrogen-bond donors (Lipinski definition) is 0. The largest absolute Gasteiger partial charge is 0.490 e. The van der Waals surface area contributed by atoms with Crippen molar-refractivity contribution in [2.45, 2.75) is 20.4 Å². The molecule has 0 aliphatic carbocycles. The van der Waals surface area contributed by atoms with Crippen LogP contribution in [0.15, 0.2) is 71.6 Å². The molecule has 0 spiro atoms. The molecule has 2 amide bonds. The smallest absolute Gasteiger partial charge is 0.343 e. The van der Waals surface area contributed by atoms with Crippen molar-refractivity contribution in [1.29, 1.82) is 0 Å². The first-order valence-corrected chi connectivity index (χ1v) is 12.1. The average Bonchev–Trinajstić information content (AvgIpc) is 3.10. The fourth-order valence-corrected chi connectivity index (χ4v) is 4.34. The molecule has 8 heteroatoms. The zero-order chi connectivity index (χ0) is 24.9. The third-order valence-corrected chi connectivity index (χ3v) is 6.34. The fraction of sp³-hybridized carbons (Fsp3) is 0.148. The van der Waals surface area contributed by atoms with Gasteiger partial charge in [-0.2, -0.15) is 0 Å². The molecule has 1 aliphatic rings. The number of imide groups is 1. The van der Waals surface area contributed by atoms with Crippen LogP contribution in [-0.4, -0.2) is 28.6 Å². The third-order valence-electron chi connectivity index (χ3n) is 5.18. The van der Waals surface area contributed by atoms with Crippen LogP contribution in [0.5, 0.6) is 11.5 Å². The minimum absolute atomic E-state index is 0.214. The zero-order valence-corrected chi connectivity index (χ0v) is 20.7. The second-order valence-electron chi connectivity index (χ2n) is 7.79. The van der Waals surface area contributed by atoms with E-state index in [1.165, 1.54) is 4.90 Å². The van der Waals surface area contributed by atoms with E-state index < -0.39 is 5.97 Å². The first-order chi connectivity index (χ1) is 16.8. The van der Waals surface area contributed by atoms with Crippen LogP contribution in [0.1, 0.15) is 34.0 Å². The number of esters is 1. The Bertz CT molecular complexity index is 1300. The van der Waals surface area contributed by atoms with Crippen molar-refractivity contribution in [3.8, 4) is 11.5 Å². The van der Waals surface area contributed by atoms with Crippen molar-refractivity contribution in [3.05, 3.63) is 98.9 Å². The summed E-state index contributed by atoms with van der Waals surface area (Å²) in [6, 6.07) is 19.0. The third kappa shape index (κ3) is 5.93. The number of amides is 2. The fourth-order valence-electron chi connectivity index (χ4n) is 3.38. The van der Waals surface area contributed by atoms with Crippen LogP contribution in [0.2, 0.25) is 5.02 Å². The lowest BCUT2D eigenvalue weighted by atomic mass is 10.1. The van der Waals surface area contributed by atoms with Gasteiger partial charge >= 0.3 is 5.97 Å². The van der Waals surface area contributed by atoms with Crippen molar-refractivity contribution in [1.82, 2.24) is 4.90 Å². The minimum Gasteiger partial charge on any atom is -0.490 e. The monoisotopic (exact) mass is 507 g/mol. The van der Waals surface area contributed by atoms with E-state index in [1.807, 2.05) is 38.1 Å². The molecule has 0 saturated carbocycles. The number of aryl methyl sites for hydroxylation is 1. The quantitative estimate of drug-likeness (QED) is 0.206. The second kappa shape index (κ2) is 10.8. The molecule has 35 heavy (non-hydrogen) atoms. The second-order valence-corrected chi connectivity index (χ2v) is 9.22. The van der Waals surface area contributed by atoms with E-state index in [2.05, 4.69) is 0 Å². The molecular weight excluding hydrogens is 486 g/mol. The van der Waals surface area contributed by atoms with E-state index in [4.69, 9.17) is 21.1 Å².